The minimum Gasteiger partial charge on any atom is -0.434 e. The van der Waals surface area contributed by atoms with Gasteiger partial charge in [0.2, 0.25) is 0 Å². The molecule has 3 rings (SSSR count). The molecule has 1 aromatic carbocycles. The fraction of sp³-hybridized carbons (Fsp3) is 0.667. The van der Waals surface area contributed by atoms with Gasteiger partial charge >= 0.3 is 6.61 Å². The Balaban J connectivity index is 0.00000182. The van der Waals surface area contributed by atoms with Crippen molar-refractivity contribution in [2.45, 2.75) is 70.2 Å². The SMILES string of the molecule is CC1(C)CN(c2ccc(OC(F)F)c(C(F)F)c2)[C@@H]2CCCC[C@H]2N1.Cl.Cl. The number of fused-ring (bicyclic) bond motifs is 1. The van der Waals surface area contributed by atoms with Crippen LogP contribution in [0.2, 0.25) is 0 Å². The number of ether oxygens (including phenoxy) is 1. The zero-order valence-corrected chi connectivity index (χ0v) is 16.9. The van der Waals surface area contributed by atoms with E-state index in [0.29, 0.717) is 18.3 Å². The van der Waals surface area contributed by atoms with E-state index in [-0.39, 0.29) is 36.4 Å². The topological polar surface area (TPSA) is 24.5 Å². The molecule has 2 aliphatic rings. The minimum atomic E-state index is -3.12. The quantitative estimate of drug-likeness (QED) is 0.629. The van der Waals surface area contributed by atoms with Crippen molar-refractivity contribution in [3.8, 4) is 5.75 Å². The monoisotopic (exact) mass is 432 g/mol. The summed E-state index contributed by atoms with van der Waals surface area (Å²) in [6.45, 7) is 1.73. The lowest BCUT2D eigenvalue weighted by Crippen LogP contribution is -2.67. The highest BCUT2D eigenvalue weighted by molar-refractivity contribution is 5.85. The van der Waals surface area contributed by atoms with Gasteiger partial charge in [0.1, 0.15) is 5.75 Å². The molecule has 9 heteroatoms. The van der Waals surface area contributed by atoms with Crippen molar-refractivity contribution >= 4 is 30.5 Å². The molecule has 1 N–H and O–H groups in total. The summed E-state index contributed by atoms with van der Waals surface area (Å²) in [6, 6.07) is 4.68. The molecular weight excluding hydrogens is 407 g/mol. The van der Waals surface area contributed by atoms with E-state index >= 15 is 0 Å². The first-order valence-corrected chi connectivity index (χ1v) is 8.68. The van der Waals surface area contributed by atoms with Crippen LogP contribution in [0.15, 0.2) is 18.2 Å². The molecule has 156 valence electrons. The Morgan fingerprint density at radius 1 is 1.11 bits per heavy atom. The number of nitrogens with zero attached hydrogens (tertiary/aromatic N) is 1. The molecule has 1 aromatic rings. The average molecular weight is 433 g/mol. The summed E-state index contributed by atoms with van der Waals surface area (Å²) in [5.41, 5.74) is 0.00616. The molecule has 2 fully saturated rings. The molecule has 0 unspecified atom stereocenters. The molecule has 1 aliphatic carbocycles. The maximum Gasteiger partial charge on any atom is 0.387 e. The zero-order valence-electron chi connectivity index (χ0n) is 15.3. The molecule has 0 amide bonds. The summed E-state index contributed by atoms with van der Waals surface area (Å²) < 4.78 is 55.9. The van der Waals surface area contributed by atoms with Crippen LogP contribution in [0.5, 0.6) is 5.75 Å². The molecule has 1 saturated heterocycles. The summed E-state index contributed by atoms with van der Waals surface area (Å²) in [5, 5.41) is 3.66. The van der Waals surface area contributed by atoms with Crippen molar-refractivity contribution < 1.29 is 22.3 Å². The summed E-state index contributed by atoms with van der Waals surface area (Å²) >= 11 is 0. The molecular formula is C18H26Cl2F4N2O. The van der Waals surface area contributed by atoms with Gasteiger partial charge < -0.3 is 15.0 Å². The maximum atomic E-state index is 13.4. The molecule has 3 nitrogen and oxygen atoms in total. The van der Waals surface area contributed by atoms with Gasteiger partial charge in [0.05, 0.1) is 5.56 Å². The van der Waals surface area contributed by atoms with Gasteiger partial charge in [-0.2, -0.15) is 8.78 Å². The molecule has 1 aliphatic heterocycles. The van der Waals surface area contributed by atoms with Crippen LogP contribution in [0.1, 0.15) is 51.5 Å². The lowest BCUT2D eigenvalue weighted by molar-refractivity contribution is -0.0519. The lowest BCUT2D eigenvalue weighted by atomic mass is 9.83. The standard InChI is InChI=1S/C18H24F4N2O.2ClH/c1-18(2)10-24(14-6-4-3-5-13(14)23-18)11-7-8-15(25-17(21)22)12(9-11)16(19)20;;/h7-9,13-14,16-17,23H,3-6,10H2,1-2H3;2*1H/t13-,14-;;/m1../s1. The van der Waals surface area contributed by atoms with Crippen molar-refractivity contribution in [1.29, 1.82) is 0 Å². The van der Waals surface area contributed by atoms with Gasteiger partial charge in [0.25, 0.3) is 6.43 Å². The Morgan fingerprint density at radius 3 is 2.41 bits per heavy atom. The largest absolute Gasteiger partial charge is 0.434 e. The first-order valence-electron chi connectivity index (χ1n) is 8.68. The molecule has 0 aromatic heterocycles. The summed E-state index contributed by atoms with van der Waals surface area (Å²) in [5.74, 6) is -0.455. The second-order valence-corrected chi connectivity index (χ2v) is 7.52. The predicted octanol–water partition coefficient (Wildman–Crippen LogP) is 5.57. The van der Waals surface area contributed by atoms with Crippen molar-refractivity contribution in [2.24, 2.45) is 0 Å². The van der Waals surface area contributed by atoms with E-state index in [1.807, 2.05) is 0 Å². The van der Waals surface area contributed by atoms with Gasteiger partial charge in [-0.05, 0) is 44.9 Å². The van der Waals surface area contributed by atoms with Crippen LogP contribution in [0.4, 0.5) is 23.2 Å². The third kappa shape index (κ3) is 5.55. The van der Waals surface area contributed by atoms with Crippen LogP contribution in [0.25, 0.3) is 0 Å². The number of halogens is 6. The average Bonchev–Trinajstić information content (AvgIpc) is 2.53. The van der Waals surface area contributed by atoms with Gasteiger partial charge in [-0.1, -0.05) is 12.8 Å². The van der Waals surface area contributed by atoms with E-state index in [0.717, 1.165) is 25.7 Å². The third-order valence-electron chi connectivity index (χ3n) is 5.05. The van der Waals surface area contributed by atoms with E-state index in [9.17, 15) is 17.6 Å². The normalized spacial score (nSPS) is 24.1. The van der Waals surface area contributed by atoms with Crippen molar-refractivity contribution in [2.75, 3.05) is 11.4 Å². The van der Waals surface area contributed by atoms with Crippen LogP contribution in [0.3, 0.4) is 0 Å². The lowest BCUT2D eigenvalue weighted by Gasteiger charge is -2.52. The Labute approximate surface area is 169 Å². The Hall–Kier alpha value is -0.920. The summed E-state index contributed by atoms with van der Waals surface area (Å²) in [7, 11) is 0. The Kier molecular flexibility index (Phi) is 8.51. The van der Waals surface area contributed by atoms with E-state index in [1.54, 1.807) is 6.07 Å². The van der Waals surface area contributed by atoms with Crippen LogP contribution in [0, 0.1) is 0 Å². The third-order valence-corrected chi connectivity index (χ3v) is 5.05. The molecule has 1 saturated carbocycles. The fourth-order valence-electron chi connectivity index (χ4n) is 4.11. The number of anilines is 1. The molecule has 0 spiro atoms. The number of hydrogen-bond acceptors (Lipinski definition) is 3. The van der Waals surface area contributed by atoms with Gasteiger partial charge in [-0.15, -0.1) is 24.8 Å². The van der Waals surface area contributed by atoms with Gasteiger partial charge in [0, 0.05) is 29.9 Å². The van der Waals surface area contributed by atoms with E-state index in [1.165, 1.54) is 12.1 Å². The van der Waals surface area contributed by atoms with E-state index in [4.69, 9.17) is 0 Å². The van der Waals surface area contributed by atoms with Crippen LogP contribution >= 0.6 is 24.8 Å². The molecule has 0 radical (unpaired) electrons. The highest BCUT2D eigenvalue weighted by atomic mass is 35.5. The first-order chi connectivity index (χ1) is 11.8. The first kappa shape index (κ1) is 24.1. The zero-order chi connectivity index (χ0) is 18.2. The highest BCUT2D eigenvalue weighted by Crippen LogP contribution is 2.38. The summed E-state index contributed by atoms with van der Waals surface area (Å²) in [4.78, 5) is 2.15. The minimum absolute atomic E-state index is 0. The molecule has 0 bridgehead atoms. The smallest absolute Gasteiger partial charge is 0.387 e. The number of nitrogens with one attached hydrogen (secondary N) is 1. The molecule has 27 heavy (non-hydrogen) atoms. The molecule has 1 heterocycles. The number of alkyl halides is 4. The van der Waals surface area contributed by atoms with Crippen LogP contribution < -0.4 is 15.0 Å². The number of piperazine rings is 1. The maximum absolute atomic E-state index is 13.4. The number of benzene rings is 1. The highest BCUT2D eigenvalue weighted by Gasteiger charge is 2.40. The van der Waals surface area contributed by atoms with Gasteiger partial charge in [0.15, 0.2) is 0 Å². The van der Waals surface area contributed by atoms with Crippen LogP contribution in [-0.2, 0) is 0 Å². The summed E-state index contributed by atoms with van der Waals surface area (Å²) in [6.07, 6.45) is 1.44. The van der Waals surface area contributed by atoms with Crippen LogP contribution in [-0.4, -0.2) is 30.8 Å². The van der Waals surface area contributed by atoms with Gasteiger partial charge in [-0.25, -0.2) is 8.78 Å². The second kappa shape index (κ2) is 9.52. The predicted molar refractivity (Wildman–Crippen MR) is 103 cm³/mol. The number of rotatable bonds is 4. The van der Waals surface area contributed by atoms with Gasteiger partial charge in [-0.3, -0.25) is 0 Å². The van der Waals surface area contributed by atoms with Crippen molar-refractivity contribution in [1.82, 2.24) is 5.32 Å². The second-order valence-electron chi connectivity index (χ2n) is 7.52. The van der Waals surface area contributed by atoms with Crippen molar-refractivity contribution in [3.05, 3.63) is 23.8 Å². The van der Waals surface area contributed by atoms with E-state index in [2.05, 4.69) is 28.8 Å². The fourth-order valence-corrected chi connectivity index (χ4v) is 4.11. The Morgan fingerprint density at radius 2 is 1.78 bits per heavy atom. The van der Waals surface area contributed by atoms with Crippen molar-refractivity contribution in [3.63, 3.8) is 0 Å². The van der Waals surface area contributed by atoms with E-state index < -0.39 is 24.3 Å². The number of hydrogen-bond donors (Lipinski definition) is 1. The Bertz CT molecular complexity index is 619. The molecule has 2 atom stereocenters.